The van der Waals surface area contributed by atoms with Gasteiger partial charge in [0.1, 0.15) is 0 Å². The van der Waals surface area contributed by atoms with E-state index in [1.54, 1.807) is 0 Å². The SMILES string of the molecule is C=C(C)C=C(C)C.CC1=CC=CC1.[CH-]=C(C)C=C(C)C.[CH3-].[Ru+3].[Ru].c1cc[cH-]c1. The van der Waals surface area contributed by atoms with Crippen molar-refractivity contribution in [3.05, 3.63) is 109 Å². The molecule has 2 heteroatoms. The number of allylic oxidation sites excluding steroid dienone is 10. The molecule has 0 heterocycles. The monoisotopic (exact) mass is 555 g/mol. The molecule has 0 saturated carbocycles. The zero-order valence-corrected chi connectivity index (χ0v) is 22.4. The van der Waals surface area contributed by atoms with Gasteiger partial charge in [-0.1, -0.05) is 68.4 Å². The number of hydrogen-bond acceptors (Lipinski definition) is 0. The molecule has 0 aliphatic heterocycles. The summed E-state index contributed by atoms with van der Waals surface area (Å²) >= 11 is 0. The maximum Gasteiger partial charge on any atom is 3.00 e. The minimum absolute atomic E-state index is 0. The molecule has 0 nitrogen and oxygen atoms in total. The molecule has 1 radical (unpaired) electrons. The molecule has 0 N–H and O–H groups in total. The first-order valence-electron chi connectivity index (χ1n) is 8.68. The normalized spacial score (nSPS) is 9.32. The second-order valence-corrected chi connectivity index (χ2v) is 6.64. The summed E-state index contributed by atoms with van der Waals surface area (Å²) in [6, 6.07) is 10.0. The molecule has 1 aromatic rings. The summed E-state index contributed by atoms with van der Waals surface area (Å²) in [5.41, 5.74) is 6.03. The van der Waals surface area contributed by atoms with Gasteiger partial charge in [0.25, 0.3) is 0 Å². The standard InChI is InChI=1S/C7H12.C7H11.C6H8.C5H5.CH3.2Ru/c2*1-6(2)5-7(3)4;1-6-4-2-3-5-6;1-2-4-5-3-1;;;/h5H,1H2,2-4H3;1,5H,2-4H3;2-4H,5H2,1H3;1-5H;1H3;;/q;-1;;2*-1;;+3. The van der Waals surface area contributed by atoms with Gasteiger partial charge in [-0.05, 0) is 34.1 Å². The molecule has 159 valence electrons. The van der Waals surface area contributed by atoms with Crippen LogP contribution in [0.15, 0.2) is 95.2 Å². The van der Waals surface area contributed by atoms with Crippen molar-refractivity contribution in [3.63, 3.8) is 0 Å². The van der Waals surface area contributed by atoms with Crippen LogP contribution >= 0.6 is 0 Å². The maximum absolute atomic E-state index is 5.33. The van der Waals surface area contributed by atoms with E-state index in [0.717, 1.165) is 11.1 Å². The van der Waals surface area contributed by atoms with Crippen molar-refractivity contribution in [2.75, 3.05) is 0 Å². The van der Waals surface area contributed by atoms with Crippen molar-refractivity contribution in [2.45, 2.75) is 54.9 Å². The van der Waals surface area contributed by atoms with Crippen LogP contribution in [0.3, 0.4) is 0 Å². The van der Waals surface area contributed by atoms with Crippen LogP contribution in [0.4, 0.5) is 0 Å². The Kier molecular flexibility index (Phi) is 35.1. The van der Waals surface area contributed by atoms with E-state index in [0.29, 0.717) is 0 Å². The summed E-state index contributed by atoms with van der Waals surface area (Å²) < 4.78 is 0. The van der Waals surface area contributed by atoms with E-state index in [1.165, 1.54) is 23.1 Å². The fraction of sp³-hybridized carbons (Fsp3) is 0.308. The van der Waals surface area contributed by atoms with Crippen molar-refractivity contribution in [2.24, 2.45) is 0 Å². The zero-order valence-electron chi connectivity index (χ0n) is 19.0. The minimum atomic E-state index is 0. The van der Waals surface area contributed by atoms with Gasteiger partial charge in [0, 0.05) is 19.5 Å². The van der Waals surface area contributed by atoms with Crippen molar-refractivity contribution in [1.29, 1.82) is 0 Å². The Morgan fingerprint density at radius 3 is 1.54 bits per heavy atom. The van der Waals surface area contributed by atoms with E-state index < -0.39 is 0 Å². The largest absolute Gasteiger partial charge is 3.00 e. The van der Waals surface area contributed by atoms with Crippen LogP contribution < -0.4 is 0 Å². The first kappa shape index (κ1) is 37.7. The zero-order chi connectivity index (χ0) is 19.7. The third-order valence-corrected chi connectivity index (χ3v) is 2.56. The molecule has 0 atom stereocenters. The Balaban J connectivity index is -0.0000000814. The second kappa shape index (κ2) is 26.0. The summed E-state index contributed by atoms with van der Waals surface area (Å²) in [7, 11) is 0. The third kappa shape index (κ3) is 39.9. The van der Waals surface area contributed by atoms with E-state index in [4.69, 9.17) is 6.58 Å². The molecule has 0 fully saturated rings. The molecule has 1 aliphatic carbocycles. The van der Waals surface area contributed by atoms with E-state index in [9.17, 15) is 0 Å². The topological polar surface area (TPSA) is 0 Å². The van der Waals surface area contributed by atoms with Crippen LogP contribution in [0.5, 0.6) is 0 Å². The van der Waals surface area contributed by atoms with Gasteiger partial charge in [-0.2, -0.15) is 23.8 Å². The van der Waals surface area contributed by atoms with Gasteiger partial charge in [0.15, 0.2) is 0 Å². The van der Waals surface area contributed by atoms with Crippen molar-refractivity contribution >= 4 is 0 Å². The van der Waals surface area contributed by atoms with Crippen LogP contribution in [0.1, 0.15) is 54.9 Å². The van der Waals surface area contributed by atoms with Gasteiger partial charge < -0.3 is 7.43 Å². The molecule has 0 bridgehead atoms. The predicted octanol–water partition coefficient (Wildman–Crippen LogP) is 8.60. The molecule has 0 amide bonds. The van der Waals surface area contributed by atoms with Crippen LogP contribution in [-0.4, -0.2) is 0 Å². The van der Waals surface area contributed by atoms with E-state index >= 15 is 0 Å². The minimum Gasteiger partial charge on any atom is -0.358 e. The van der Waals surface area contributed by atoms with E-state index in [2.05, 4.69) is 51.7 Å². The summed E-state index contributed by atoms with van der Waals surface area (Å²) in [5.74, 6) is 0. The van der Waals surface area contributed by atoms with Gasteiger partial charge in [0.05, 0.1) is 0 Å². The molecule has 0 unspecified atom stereocenters. The van der Waals surface area contributed by atoms with Gasteiger partial charge in [-0.15, -0.1) is 0 Å². The summed E-state index contributed by atoms with van der Waals surface area (Å²) in [4.78, 5) is 0. The molecule has 0 spiro atoms. The van der Waals surface area contributed by atoms with Gasteiger partial charge in [-0.25, -0.2) is 23.8 Å². The second-order valence-electron chi connectivity index (χ2n) is 6.64. The first-order valence-corrected chi connectivity index (χ1v) is 8.68. The third-order valence-electron chi connectivity index (χ3n) is 2.56. The maximum atomic E-state index is 5.33. The van der Waals surface area contributed by atoms with Gasteiger partial charge in [0.2, 0.25) is 0 Å². The number of rotatable bonds is 2. The molecular formula is C26H39Ru2. The summed E-state index contributed by atoms with van der Waals surface area (Å²) in [5, 5.41) is 0. The van der Waals surface area contributed by atoms with E-state index in [1.807, 2.05) is 64.1 Å². The molecule has 1 aliphatic rings. The summed E-state index contributed by atoms with van der Waals surface area (Å²) in [6.07, 6.45) is 11.6. The van der Waals surface area contributed by atoms with Crippen LogP contribution in [0.25, 0.3) is 0 Å². The number of hydrogen-bond donors (Lipinski definition) is 0. The molecule has 2 rings (SSSR count). The Labute approximate surface area is 202 Å². The van der Waals surface area contributed by atoms with E-state index in [-0.39, 0.29) is 46.4 Å². The fourth-order valence-electron chi connectivity index (χ4n) is 1.82. The van der Waals surface area contributed by atoms with Crippen molar-refractivity contribution < 1.29 is 39.0 Å². The molecule has 28 heavy (non-hydrogen) atoms. The molecule has 0 aromatic heterocycles. The van der Waals surface area contributed by atoms with Gasteiger partial charge in [-0.3, -0.25) is 6.58 Å². The Hall–Kier alpha value is -0.963. The molecule has 0 saturated heterocycles. The Morgan fingerprint density at radius 1 is 1.00 bits per heavy atom. The molecule has 1 aromatic carbocycles. The quantitative estimate of drug-likeness (QED) is 0.195. The smallest absolute Gasteiger partial charge is 0.358 e. The summed E-state index contributed by atoms with van der Waals surface area (Å²) in [6.45, 7) is 23.2. The van der Waals surface area contributed by atoms with Crippen molar-refractivity contribution in [1.82, 2.24) is 0 Å². The van der Waals surface area contributed by atoms with Crippen LogP contribution in [0.2, 0.25) is 0 Å². The Morgan fingerprint density at radius 2 is 1.46 bits per heavy atom. The predicted molar refractivity (Wildman–Crippen MR) is 123 cm³/mol. The average Bonchev–Trinajstić information content (AvgIpc) is 3.11. The van der Waals surface area contributed by atoms with Crippen molar-refractivity contribution in [3.8, 4) is 0 Å². The van der Waals surface area contributed by atoms with Gasteiger partial charge >= 0.3 is 19.5 Å². The van der Waals surface area contributed by atoms with Crippen LogP contribution in [0, 0.1) is 14.0 Å². The average molecular weight is 554 g/mol. The Bertz CT molecular complexity index is 541. The van der Waals surface area contributed by atoms with Crippen LogP contribution in [-0.2, 0) is 39.0 Å². The first-order chi connectivity index (χ1) is 11.6. The fourth-order valence-corrected chi connectivity index (χ4v) is 1.82. The molecular weight excluding hydrogens is 514 g/mol.